The number of sulfone groups is 1. The smallest absolute Gasteiger partial charge is 0.161 e. The van der Waals surface area contributed by atoms with Gasteiger partial charge in [0.05, 0.1) is 18.6 Å². The van der Waals surface area contributed by atoms with Gasteiger partial charge in [0.2, 0.25) is 0 Å². The van der Waals surface area contributed by atoms with Gasteiger partial charge in [-0.05, 0) is 24.5 Å². The number of hydrogen-bond donors (Lipinski definition) is 1. The summed E-state index contributed by atoms with van der Waals surface area (Å²) in [5, 5.41) is 0. The van der Waals surface area contributed by atoms with E-state index in [1.54, 1.807) is 19.2 Å². The summed E-state index contributed by atoms with van der Waals surface area (Å²) in [4.78, 5) is 0. The SMILES string of the molecule is COc1ccccc1OCC(N)C1CCS(=O)(=O)C1. The van der Waals surface area contributed by atoms with Gasteiger partial charge in [0.25, 0.3) is 0 Å². The van der Waals surface area contributed by atoms with E-state index in [0.717, 1.165) is 0 Å². The number of nitrogens with two attached hydrogens (primary N) is 1. The highest BCUT2D eigenvalue weighted by molar-refractivity contribution is 7.91. The van der Waals surface area contributed by atoms with Crippen molar-refractivity contribution in [2.75, 3.05) is 25.2 Å². The molecule has 2 rings (SSSR count). The van der Waals surface area contributed by atoms with Gasteiger partial charge in [0.15, 0.2) is 21.3 Å². The molecule has 0 radical (unpaired) electrons. The van der Waals surface area contributed by atoms with Crippen LogP contribution in [0.3, 0.4) is 0 Å². The first-order chi connectivity index (χ1) is 9.02. The Bertz CT molecular complexity index is 529. The quantitative estimate of drug-likeness (QED) is 0.867. The minimum atomic E-state index is -2.90. The molecule has 1 aromatic rings. The van der Waals surface area contributed by atoms with Crippen LogP contribution in [0.2, 0.25) is 0 Å². The Hall–Kier alpha value is -1.27. The Morgan fingerprint density at radius 1 is 1.37 bits per heavy atom. The first-order valence-corrected chi connectivity index (χ1v) is 8.06. The summed E-state index contributed by atoms with van der Waals surface area (Å²) < 4.78 is 33.6. The molecule has 2 atom stereocenters. The fraction of sp³-hybridized carbons (Fsp3) is 0.538. The first-order valence-electron chi connectivity index (χ1n) is 6.23. The summed E-state index contributed by atoms with van der Waals surface area (Å²) in [7, 11) is -1.32. The Morgan fingerprint density at radius 3 is 2.63 bits per heavy atom. The van der Waals surface area contributed by atoms with Crippen LogP contribution < -0.4 is 15.2 Å². The van der Waals surface area contributed by atoms with Crippen molar-refractivity contribution in [1.82, 2.24) is 0 Å². The van der Waals surface area contributed by atoms with Gasteiger partial charge in [-0.3, -0.25) is 0 Å². The molecule has 0 amide bonds. The summed E-state index contributed by atoms with van der Waals surface area (Å²) in [6.07, 6.45) is 0.624. The molecule has 0 aliphatic carbocycles. The standard InChI is InChI=1S/C13H19NO4S/c1-17-12-4-2-3-5-13(12)18-8-11(14)10-6-7-19(15,16)9-10/h2-5,10-11H,6-9,14H2,1H3. The number of para-hydroxylation sites is 2. The second kappa shape index (κ2) is 5.79. The third-order valence-corrected chi connectivity index (χ3v) is 5.17. The zero-order valence-electron chi connectivity index (χ0n) is 10.9. The molecule has 1 aliphatic heterocycles. The van der Waals surface area contributed by atoms with Crippen LogP contribution in [-0.2, 0) is 9.84 Å². The topological polar surface area (TPSA) is 78.6 Å². The molecule has 1 heterocycles. The molecule has 2 unspecified atom stereocenters. The minimum Gasteiger partial charge on any atom is -0.493 e. The highest BCUT2D eigenvalue weighted by atomic mass is 32.2. The van der Waals surface area contributed by atoms with Crippen LogP contribution in [-0.4, -0.2) is 39.7 Å². The lowest BCUT2D eigenvalue weighted by Crippen LogP contribution is -2.36. The third kappa shape index (κ3) is 3.61. The van der Waals surface area contributed by atoms with Crippen LogP contribution in [0.1, 0.15) is 6.42 Å². The Kier molecular flexibility index (Phi) is 4.31. The fourth-order valence-corrected chi connectivity index (χ4v) is 4.12. The maximum Gasteiger partial charge on any atom is 0.161 e. The second-order valence-electron chi connectivity index (χ2n) is 4.79. The molecule has 6 heteroatoms. The van der Waals surface area contributed by atoms with Gasteiger partial charge < -0.3 is 15.2 Å². The molecule has 106 valence electrons. The van der Waals surface area contributed by atoms with E-state index < -0.39 is 9.84 Å². The van der Waals surface area contributed by atoms with Crippen molar-refractivity contribution in [2.45, 2.75) is 12.5 Å². The number of rotatable bonds is 5. The van der Waals surface area contributed by atoms with Gasteiger partial charge in [-0.2, -0.15) is 0 Å². The Labute approximate surface area is 113 Å². The molecular weight excluding hydrogens is 266 g/mol. The highest BCUT2D eigenvalue weighted by Crippen LogP contribution is 2.27. The molecule has 5 nitrogen and oxygen atoms in total. The molecule has 0 spiro atoms. The normalized spacial score (nSPS) is 22.9. The number of hydrogen-bond acceptors (Lipinski definition) is 5. The maximum absolute atomic E-state index is 11.4. The largest absolute Gasteiger partial charge is 0.493 e. The minimum absolute atomic E-state index is 0.0142. The number of benzene rings is 1. The van der Waals surface area contributed by atoms with Crippen molar-refractivity contribution in [2.24, 2.45) is 11.7 Å². The number of ether oxygens (including phenoxy) is 2. The maximum atomic E-state index is 11.4. The molecule has 1 aromatic carbocycles. The Morgan fingerprint density at radius 2 is 2.05 bits per heavy atom. The van der Waals surface area contributed by atoms with Crippen LogP contribution in [0.4, 0.5) is 0 Å². The van der Waals surface area contributed by atoms with Crippen LogP contribution >= 0.6 is 0 Å². The molecule has 0 aromatic heterocycles. The molecule has 1 aliphatic rings. The van der Waals surface area contributed by atoms with Gasteiger partial charge >= 0.3 is 0 Å². The molecule has 19 heavy (non-hydrogen) atoms. The van der Waals surface area contributed by atoms with Gasteiger partial charge in [0, 0.05) is 6.04 Å². The van der Waals surface area contributed by atoms with E-state index in [1.165, 1.54) is 0 Å². The van der Waals surface area contributed by atoms with Crippen LogP contribution in [0.15, 0.2) is 24.3 Å². The third-order valence-electron chi connectivity index (χ3n) is 3.37. The van der Waals surface area contributed by atoms with E-state index in [4.69, 9.17) is 15.2 Å². The second-order valence-corrected chi connectivity index (χ2v) is 7.02. The van der Waals surface area contributed by atoms with Gasteiger partial charge in [0.1, 0.15) is 6.61 Å². The zero-order valence-corrected chi connectivity index (χ0v) is 11.7. The lowest BCUT2D eigenvalue weighted by atomic mass is 10.0. The van der Waals surface area contributed by atoms with E-state index >= 15 is 0 Å². The van der Waals surface area contributed by atoms with E-state index in [1.807, 2.05) is 12.1 Å². The van der Waals surface area contributed by atoms with Gasteiger partial charge in [-0.15, -0.1) is 0 Å². The summed E-state index contributed by atoms with van der Waals surface area (Å²) in [6.45, 7) is 0.292. The van der Waals surface area contributed by atoms with Crippen LogP contribution in [0.5, 0.6) is 11.5 Å². The van der Waals surface area contributed by atoms with E-state index in [0.29, 0.717) is 24.5 Å². The predicted octanol–water partition coefficient (Wildman–Crippen LogP) is 0.836. The average molecular weight is 285 g/mol. The van der Waals surface area contributed by atoms with E-state index in [9.17, 15) is 8.42 Å². The lowest BCUT2D eigenvalue weighted by Gasteiger charge is -2.19. The summed E-state index contributed by atoms with van der Waals surface area (Å²) in [5.74, 6) is 1.67. The number of methoxy groups -OCH3 is 1. The Balaban J connectivity index is 1.92. The fourth-order valence-electron chi connectivity index (χ4n) is 2.22. The van der Waals surface area contributed by atoms with Crippen molar-refractivity contribution in [3.05, 3.63) is 24.3 Å². The van der Waals surface area contributed by atoms with Crippen molar-refractivity contribution in [3.8, 4) is 11.5 Å². The lowest BCUT2D eigenvalue weighted by molar-refractivity contribution is 0.244. The van der Waals surface area contributed by atoms with Crippen molar-refractivity contribution in [1.29, 1.82) is 0 Å². The molecule has 0 saturated carbocycles. The molecule has 2 N–H and O–H groups in total. The highest BCUT2D eigenvalue weighted by Gasteiger charge is 2.32. The van der Waals surface area contributed by atoms with Gasteiger partial charge in [-0.1, -0.05) is 12.1 Å². The summed E-state index contributed by atoms with van der Waals surface area (Å²) in [5.41, 5.74) is 6.01. The molecule has 1 fully saturated rings. The van der Waals surface area contributed by atoms with Crippen molar-refractivity contribution < 1.29 is 17.9 Å². The molecule has 1 saturated heterocycles. The summed E-state index contributed by atoms with van der Waals surface area (Å²) in [6, 6.07) is 7.04. The molecular formula is C13H19NO4S. The zero-order chi connectivity index (χ0) is 13.9. The van der Waals surface area contributed by atoms with Crippen LogP contribution in [0, 0.1) is 5.92 Å². The van der Waals surface area contributed by atoms with Crippen molar-refractivity contribution in [3.63, 3.8) is 0 Å². The molecule has 0 bridgehead atoms. The summed E-state index contributed by atoms with van der Waals surface area (Å²) >= 11 is 0. The van der Waals surface area contributed by atoms with Crippen molar-refractivity contribution >= 4 is 9.84 Å². The van der Waals surface area contributed by atoms with Crippen LogP contribution in [0.25, 0.3) is 0 Å². The van der Waals surface area contributed by atoms with Gasteiger partial charge in [-0.25, -0.2) is 8.42 Å². The monoisotopic (exact) mass is 285 g/mol. The van der Waals surface area contributed by atoms with E-state index in [2.05, 4.69) is 0 Å². The van der Waals surface area contributed by atoms with E-state index in [-0.39, 0.29) is 23.5 Å². The average Bonchev–Trinajstić information content (AvgIpc) is 2.76. The predicted molar refractivity (Wildman–Crippen MR) is 73.2 cm³/mol. The first kappa shape index (κ1) is 14.1.